The van der Waals surface area contributed by atoms with E-state index in [9.17, 15) is 0 Å². The van der Waals surface area contributed by atoms with Gasteiger partial charge in [0.25, 0.3) is 0 Å². The molecule has 0 unspecified atom stereocenters. The molecule has 0 fully saturated rings. The molecule has 0 aliphatic rings. The summed E-state index contributed by atoms with van der Waals surface area (Å²) in [4.78, 5) is 7.80. The highest BCUT2D eigenvalue weighted by molar-refractivity contribution is 5.40. The average Bonchev–Trinajstić information content (AvgIpc) is 2.26. The van der Waals surface area contributed by atoms with Crippen molar-refractivity contribution in [1.82, 2.24) is 0 Å². The van der Waals surface area contributed by atoms with E-state index in [-0.39, 0.29) is 6.61 Å². The van der Waals surface area contributed by atoms with Crippen LogP contribution in [-0.2, 0) is 9.47 Å². The number of hydrogen-bond acceptors (Lipinski definition) is 5. The fraction of sp³-hybridized carbons (Fsp3) is 0.900. The molecule has 0 radical (unpaired) electrons. The Bertz CT molecular complexity index is 164. The van der Waals surface area contributed by atoms with Crippen LogP contribution >= 0.6 is 0 Å². The summed E-state index contributed by atoms with van der Waals surface area (Å²) in [6, 6.07) is 2.57. The first kappa shape index (κ1) is 14.3. The minimum Gasteiger partial charge on any atom is -0.394 e. The lowest BCUT2D eigenvalue weighted by molar-refractivity contribution is 0.0978. The zero-order valence-corrected chi connectivity index (χ0v) is 9.31. The third-order valence-electron chi connectivity index (χ3n) is 1.42. The lowest BCUT2D eigenvalue weighted by Crippen LogP contribution is -2.02. The van der Waals surface area contributed by atoms with Gasteiger partial charge in [-0.05, 0) is 6.42 Å². The molecule has 0 rings (SSSR count). The highest BCUT2D eigenvalue weighted by Gasteiger charge is 1.84. The van der Waals surface area contributed by atoms with E-state index in [1.54, 1.807) is 0 Å². The Labute approximate surface area is 90.8 Å². The Morgan fingerprint density at radius 3 is 2.13 bits per heavy atom. The van der Waals surface area contributed by atoms with Gasteiger partial charge in [0.2, 0.25) is 0 Å². The fourth-order valence-electron chi connectivity index (χ4n) is 0.783. The molecular weight excluding hydrogens is 196 g/mol. The fourth-order valence-corrected chi connectivity index (χ4v) is 0.783. The molecule has 1 N–H and O–H groups in total. The Hall–Kier alpha value is -0.740. The summed E-state index contributed by atoms with van der Waals surface area (Å²) < 4.78 is 10.2. The van der Waals surface area contributed by atoms with Gasteiger partial charge in [-0.3, -0.25) is 0 Å². The van der Waals surface area contributed by atoms with Crippen LogP contribution in [0.15, 0.2) is 9.98 Å². The Morgan fingerprint density at radius 1 is 1.00 bits per heavy atom. The number of aliphatic hydroxyl groups excluding tert-OH is 1. The number of hydrogen-bond donors (Lipinski definition) is 1. The topological polar surface area (TPSA) is 63.4 Å². The molecule has 15 heavy (non-hydrogen) atoms. The lowest BCUT2D eigenvalue weighted by Gasteiger charge is -1.96. The molecule has 0 amide bonds. The quantitative estimate of drug-likeness (QED) is 0.429. The van der Waals surface area contributed by atoms with Crippen LogP contribution in [-0.4, -0.2) is 57.2 Å². The summed E-state index contributed by atoms with van der Waals surface area (Å²) in [5.74, 6) is 0. The van der Waals surface area contributed by atoms with E-state index in [2.05, 4.69) is 22.9 Å². The number of ether oxygens (including phenoxy) is 2. The van der Waals surface area contributed by atoms with Gasteiger partial charge >= 0.3 is 0 Å². The second kappa shape index (κ2) is 13.3. The van der Waals surface area contributed by atoms with Crippen molar-refractivity contribution in [2.75, 3.05) is 46.1 Å². The van der Waals surface area contributed by atoms with Gasteiger partial charge in [0.15, 0.2) is 0 Å². The van der Waals surface area contributed by atoms with E-state index in [1.807, 2.05) is 0 Å². The zero-order chi connectivity index (χ0) is 11.2. The van der Waals surface area contributed by atoms with Gasteiger partial charge in [-0.25, -0.2) is 9.98 Å². The summed E-state index contributed by atoms with van der Waals surface area (Å²) >= 11 is 0. The predicted molar refractivity (Wildman–Crippen MR) is 58.6 cm³/mol. The molecule has 0 aliphatic heterocycles. The Balaban J connectivity index is 3.16. The SMILES string of the molecule is CCCOCCN=C=NCCOCCO. The van der Waals surface area contributed by atoms with Crippen LogP contribution in [0, 0.1) is 0 Å². The Morgan fingerprint density at radius 2 is 1.60 bits per heavy atom. The normalized spacial score (nSPS) is 9.73. The maximum Gasteiger partial charge on any atom is 0.0894 e. The van der Waals surface area contributed by atoms with Gasteiger partial charge in [-0.1, -0.05) is 6.92 Å². The van der Waals surface area contributed by atoms with Crippen molar-refractivity contribution in [2.45, 2.75) is 13.3 Å². The first-order valence-electron chi connectivity index (χ1n) is 5.26. The molecule has 0 saturated carbocycles. The molecule has 0 aliphatic carbocycles. The third kappa shape index (κ3) is 13.3. The molecule has 5 nitrogen and oxygen atoms in total. The van der Waals surface area contributed by atoms with Gasteiger partial charge in [0.05, 0.1) is 45.5 Å². The van der Waals surface area contributed by atoms with Crippen molar-refractivity contribution in [1.29, 1.82) is 0 Å². The lowest BCUT2D eigenvalue weighted by atomic mass is 10.5. The summed E-state index contributed by atoms with van der Waals surface area (Å²) in [5, 5.41) is 8.41. The van der Waals surface area contributed by atoms with E-state index in [1.165, 1.54) is 0 Å². The van der Waals surface area contributed by atoms with Crippen LogP contribution in [0.3, 0.4) is 0 Å². The summed E-state index contributed by atoms with van der Waals surface area (Å²) in [7, 11) is 0. The van der Waals surface area contributed by atoms with E-state index >= 15 is 0 Å². The van der Waals surface area contributed by atoms with Crippen LogP contribution in [0.5, 0.6) is 0 Å². The smallest absolute Gasteiger partial charge is 0.0894 e. The van der Waals surface area contributed by atoms with Crippen LogP contribution in [0.2, 0.25) is 0 Å². The second-order valence-electron chi connectivity index (χ2n) is 2.81. The zero-order valence-electron chi connectivity index (χ0n) is 9.31. The number of aliphatic imine (C=N–C) groups is 2. The van der Waals surface area contributed by atoms with Gasteiger partial charge in [0, 0.05) is 6.61 Å². The molecule has 0 atom stereocenters. The molecule has 0 bridgehead atoms. The average molecular weight is 216 g/mol. The molecule has 0 aromatic carbocycles. The minimum absolute atomic E-state index is 0.0482. The maximum atomic E-state index is 8.41. The first-order valence-corrected chi connectivity index (χ1v) is 5.26. The highest BCUT2D eigenvalue weighted by atomic mass is 16.5. The third-order valence-corrected chi connectivity index (χ3v) is 1.42. The Kier molecular flexibility index (Phi) is 12.6. The molecular formula is C10H20N2O3. The van der Waals surface area contributed by atoms with Crippen molar-refractivity contribution >= 4 is 6.01 Å². The van der Waals surface area contributed by atoms with E-state index in [0.717, 1.165) is 13.0 Å². The summed E-state index contributed by atoms with van der Waals surface area (Å²) in [6.07, 6.45) is 1.03. The number of aliphatic hydroxyl groups is 1. The van der Waals surface area contributed by atoms with Gasteiger partial charge in [-0.2, -0.15) is 0 Å². The molecule has 5 heteroatoms. The largest absolute Gasteiger partial charge is 0.394 e. The van der Waals surface area contributed by atoms with Crippen molar-refractivity contribution < 1.29 is 14.6 Å². The van der Waals surface area contributed by atoms with Crippen molar-refractivity contribution in [2.24, 2.45) is 9.98 Å². The maximum absolute atomic E-state index is 8.41. The van der Waals surface area contributed by atoms with Gasteiger partial charge in [0.1, 0.15) is 0 Å². The molecule has 0 aromatic rings. The van der Waals surface area contributed by atoms with E-state index in [4.69, 9.17) is 14.6 Å². The van der Waals surface area contributed by atoms with Crippen molar-refractivity contribution in [3.05, 3.63) is 0 Å². The molecule has 0 spiro atoms. The van der Waals surface area contributed by atoms with Crippen molar-refractivity contribution in [3.8, 4) is 0 Å². The highest BCUT2D eigenvalue weighted by Crippen LogP contribution is 1.80. The van der Waals surface area contributed by atoms with Gasteiger partial charge < -0.3 is 14.6 Å². The predicted octanol–water partition coefficient (Wildman–Crippen LogP) is 0.596. The van der Waals surface area contributed by atoms with Gasteiger partial charge in [-0.15, -0.1) is 0 Å². The standard InChI is InChI=1S/C10H20N2O3/c1-2-6-14-7-3-11-10-12-4-8-15-9-5-13/h13H,2-9H2,1H3. The van der Waals surface area contributed by atoms with Crippen LogP contribution in [0.1, 0.15) is 13.3 Å². The summed E-state index contributed by atoms with van der Waals surface area (Å²) in [6.45, 7) is 5.50. The van der Waals surface area contributed by atoms with Crippen LogP contribution < -0.4 is 0 Å². The van der Waals surface area contributed by atoms with Crippen molar-refractivity contribution in [3.63, 3.8) is 0 Å². The number of rotatable bonds is 10. The monoisotopic (exact) mass is 216 g/mol. The minimum atomic E-state index is 0.0482. The summed E-state index contributed by atoms with van der Waals surface area (Å²) in [5.41, 5.74) is 0. The molecule has 88 valence electrons. The van der Waals surface area contributed by atoms with E-state index in [0.29, 0.717) is 32.9 Å². The number of nitrogens with zero attached hydrogens (tertiary/aromatic N) is 2. The molecule has 0 heterocycles. The molecule has 0 saturated heterocycles. The second-order valence-corrected chi connectivity index (χ2v) is 2.81. The van der Waals surface area contributed by atoms with E-state index < -0.39 is 0 Å². The van der Waals surface area contributed by atoms with Crippen LogP contribution in [0.4, 0.5) is 0 Å². The first-order chi connectivity index (χ1) is 7.41. The molecule has 0 aromatic heterocycles. The van der Waals surface area contributed by atoms with Crippen LogP contribution in [0.25, 0.3) is 0 Å².